The van der Waals surface area contributed by atoms with E-state index in [2.05, 4.69) is 59.3 Å². The van der Waals surface area contributed by atoms with Crippen molar-refractivity contribution in [3.63, 3.8) is 0 Å². The van der Waals surface area contributed by atoms with Gasteiger partial charge in [-0.05, 0) is 30.5 Å². The Morgan fingerprint density at radius 2 is 1.67 bits per heavy atom. The second-order valence-electron chi connectivity index (χ2n) is 7.41. The van der Waals surface area contributed by atoms with Crippen LogP contribution in [0.15, 0.2) is 54.6 Å². The summed E-state index contributed by atoms with van der Waals surface area (Å²) in [4.78, 5) is 20.7. The maximum absolute atomic E-state index is 12.8. The van der Waals surface area contributed by atoms with E-state index >= 15 is 0 Å². The Morgan fingerprint density at radius 3 is 2.44 bits per heavy atom. The molecular weight excluding hydrogens is 334 g/mol. The standard InChI is InChI=1S/C23H27N3O/c1-18-21(20-9-5-6-10-22(20)24-18)17-23(27)26-15-13-25(14-16-26)12-11-19-7-3-2-4-8-19/h2-10,24H,11-17H2,1H3. The summed E-state index contributed by atoms with van der Waals surface area (Å²) in [6, 6.07) is 18.9. The van der Waals surface area contributed by atoms with E-state index in [-0.39, 0.29) is 5.91 Å². The predicted octanol–water partition coefficient (Wildman–Crippen LogP) is 3.41. The quantitative estimate of drug-likeness (QED) is 0.756. The van der Waals surface area contributed by atoms with Crippen LogP contribution in [0.25, 0.3) is 10.9 Å². The maximum atomic E-state index is 12.8. The number of nitrogens with one attached hydrogen (secondary N) is 1. The number of aromatic nitrogens is 1. The lowest BCUT2D eigenvalue weighted by Crippen LogP contribution is -2.49. The van der Waals surface area contributed by atoms with Crippen LogP contribution in [0.5, 0.6) is 0 Å². The number of nitrogens with zero attached hydrogens (tertiary/aromatic N) is 2. The van der Waals surface area contributed by atoms with Crippen molar-refractivity contribution in [2.75, 3.05) is 32.7 Å². The zero-order valence-electron chi connectivity index (χ0n) is 15.9. The van der Waals surface area contributed by atoms with Gasteiger partial charge in [0.15, 0.2) is 0 Å². The fourth-order valence-electron chi connectivity index (χ4n) is 3.98. The molecule has 4 heteroatoms. The van der Waals surface area contributed by atoms with Crippen LogP contribution >= 0.6 is 0 Å². The number of aryl methyl sites for hydroxylation is 1. The molecule has 1 aromatic heterocycles. The molecule has 27 heavy (non-hydrogen) atoms. The topological polar surface area (TPSA) is 39.3 Å². The van der Waals surface area contributed by atoms with E-state index in [1.54, 1.807) is 0 Å². The van der Waals surface area contributed by atoms with E-state index in [0.29, 0.717) is 6.42 Å². The van der Waals surface area contributed by atoms with Gasteiger partial charge in [-0.1, -0.05) is 48.5 Å². The highest BCUT2D eigenvalue weighted by Gasteiger charge is 2.22. The van der Waals surface area contributed by atoms with Crippen molar-refractivity contribution >= 4 is 16.8 Å². The van der Waals surface area contributed by atoms with Crippen LogP contribution in [0, 0.1) is 6.92 Å². The van der Waals surface area contributed by atoms with Gasteiger partial charge in [0, 0.05) is 49.3 Å². The van der Waals surface area contributed by atoms with E-state index < -0.39 is 0 Å². The highest BCUT2D eigenvalue weighted by atomic mass is 16.2. The summed E-state index contributed by atoms with van der Waals surface area (Å²) in [6.07, 6.45) is 1.56. The first kappa shape index (κ1) is 17.8. The Bertz CT molecular complexity index is 908. The number of H-pyrrole nitrogens is 1. The minimum absolute atomic E-state index is 0.241. The summed E-state index contributed by atoms with van der Waals surface area (Å²) in [5, 5.41) is 1.17. The fraction of sp³-hybridized carbons (Fsp3) is 0.348. The molecule has 4 rings (SSSR count). The zero-order chi connectivity index (χ0) is 18.6. The molecule has 1 aliphatic rings. The third-order valence-electron chi connectivity index (χ3n) is 5.64. The number of benzene rings is 2. The van der Waals surface area contributed by atoms with Crippen molar-refractivity contribution in [2.24, 2.45) is 0 Å². The number of para-hydroxylation sites is 1. The summed E-state index contributed by atoms with van der Waals surface area (Å²) < 4.78 is 0. The SMILES string of the molecule is Cc1[nH]c2ccccc2c1CC(=O)N1CCN(CCc2ccccc2)CC1. The van der Waals surface area contributed by atoms with E-state index in [0.717, 1.165) is 55.9 Å². The number of carbonyl (C=O) groups is 1. The predicted molar refractivity (Wildman–Crippen MR) is 110 cm³/mol. The van der Waals surface area contributed by atoms with Gasteiger partial charge in [0.2, 0.25) is 5.91 Å². The number of amides is 1. The molecular formula is C23H27N3O. The minimum Gasteiger partial charge on any atom is -0.358 e. The summed E-state index contributed by atoms with van der Waals surface area (Å²) in [5.41, 5.74) is 4.74. The average molecular weight is 361 g/mol. The molecule has 1 saturated heterocycles. The summed E-state index contributed by atoms with van der Waals surface area (Å²) >= 11 is 0. The second kappa shape index (κ2) is 7.97. The van der Waals surface area contributed by atoms with Crippen molar-refractivity contribution in [2.45, 2.75) is 19.8 Å². The average Bonchev–Trinajstić information content (AvgIpc) is 3.03. The minimum atomic E-state index is 0.241. The fourth-order valence-corrected chi connectivity index (χ4v) is 3.98. The van der Waals surface area contributed by atoms with Gasteiger partial charge in [-0.3, -0.25) is 9.69 Å². The molecule has 0 spiro atoms. The normalized spacial score (nSPS) is 15.4. The Morgan fingerprint density at radius 1 is 0.963 bits per heavy atom. The van der Waals surface area contributed by atoms with Gasteiger partial charge in [-0.25, -0.2) is 0 Å². The largest absolute Gasteiger partial charge is 0.358 e. The lowest BCUT2D eigenvalue weighted by molar-refractivity contribution is -0.132. The molecule has 2 aromatic carbocycles. The third-order valence-corrected chi connectivity index (χ3v) is 5.64. The number of hydrogen-bond acceptors (Lipinski definition) is 2. The molecule has 4 nitrogen and oxygen atoms in total. The zero-order valence-corrected chi connectivity index (χ0v) is 15.9. The van der Waals surface area contributed by atoms with Gasteiger partial charge in [0.1, 0.15) is 0 Å². The highest BCUT2D eigenvalue weighted by Crippen LogP contribution is 2.23. The molecule has 0 radical (unpaired) electrons. The van der Waals surface area contributed by atoms with Crippen molar-refractivity contribution in [1.82, 2.24) is 14.8 Å². The molecule has 0 bridgehead atoms. The molecule has 140 valence electrons. The molecule has 1 fully saturated rings. The van der Waals surface area contributed by atoms with Crippen molar-refractivity contribution in [3.8, 4) is 0 Å². The third kappa shape index (κ3) is 4.06. The highest BCUT2D eigenvalue weighted by molar-refractivity contribution is 5.90. The van der Waals surface area contributed by atoms with Crippen LogP contribution in [-0.4, -0.2) is 53.4 Å². The van der Waals surface area contributed by atoms with E-state index in [9.17, 15) is 4.79 Å². The van der Waals surface area contributed by atoms with Gasteiger partial charge in [-0.15, -0.1) is 0 Å². The lowest BCUT2D eigenvalue weighted by Gasteiger charge is -2.34. The Labute approximate surface area is 160 Å². The number of piperazine rings is 1. The van der Waals surface area contributed by atoms with Crippen LogP contribution in [0.4, 0.5) is 0 Å². The lowest BCUT2D eigenvalue weighted by atomic mass is 10.1. The van der Waals surface area contributed by atoms with E-state index in [1.807, 2.05) is 17.0 Å². The molecule has 0 aliphatic carbocycles. The molecule has 2 heterocycles. The van der Waals surface area contributed by atoms with Crippen LogP contribution in [0.2, 0.25) is 0 Å². The molecule has 1 aliphatic heterocycles. The Balaban J connectivity index is 1.31. The van der Waals surface area contributed by atoms with Crippen LogP contribution in [0.1, 0.15) is 16.8 Å². The number of carbonyl (C=O) groups excluding carboxylic acids is 1. The first-order chi connectivity index (χ1) is 13.2. The van der Waals surface area contributed by atoms with Crippen LogP contribution < -0.4 is 0 Å². The maximum Gasteiger partial charge on any atom is 0.227 e. The number of aromatic amines is 1. The van der Waals surface area contributed by atoms with Crippen LogP contribution in [-0.2, 0) is 17.6 Å². The van der Waals surface area contributed by atoms with Gasteiger partial charge < -0.3 is 9.88 Å². The molecule has 0 saturated carbocycles. The molecule has 1 N–H and O–H groups in total. The van der Waals surface area contributed by atoms with Crippen molar-refractivity contribution in [1.29, 1.82) is 0 Å². The Kier molecular flexibility index (Phi) is 5.26. The number of rotatable bonds is 5. The van der Waals surface area contributed by atoms with Gasteiger partial charge in [0.05, 0.1) is 6.42 Å². The van der Waals surface area contributed by atoms with Crippen molar-refractivity contribution in [3.05, 3.63) is 71.4 Å². The number of hydrogen-bond donors (Lipinski definition) is 1. The van der Waals surface area contributed by atoms with Gasteiger partial charge in [-0.2, -0.15) is 0 Å². The van der Waals surface area contributed by atoms with Crippen LogP contribution in [0.3, 0.4) is 0 Å². The monoisotopic (exact) mass is 361 g/mol. The molecule has 3 aromatic rings. The van der Waals surface area contributed by atoms with Gasteiger partial charge >= 0.3 is 0 Å². The number of fused-ring (bicyclic) bond motifs is 1. The summed E-state index contributed by atoms with van der Waals surface area (Å²) in [5.74, 6) is 0.241. The molecule has 0 atom stereocenters. The van der Waals surface area contributed by atoms with Gasteiger partial charge in [0.25, 0.3) is 0 Å². The second-order valence-corrected chi connectivity index (χ2v) is 7.41. The van der Waals surface area contributed by atoms with E-state index in [4.69, 9.17) is 0 Å². The molecule has 1 amide bonds. The molecule has 0 unspecified atom stereocenters. The van der Waals surface area contributed by atoms with Crippen molar-refractivity contribution < 1.29 is 4.79 Å². The summed E-state index contributed by atoms with van der Waals surface area (Å²) in [6.45, 7) is 6.71. The summed E-state index contributed by atoms with van der Waals surface area (Å²) in [7, 11) is 0. The Hall–Kier alpha value is -2.59. The smallest absolute Gasteiger partial charge is 0.227 e. The first-order valence-corrected chi connectivity index (χ1v) is 9.81. The van der Waals surface area contributed by atoms with E-state index in [1.165, 1.54) is 10.9 Å². The first-order valence-electron chi connectivity index (χ1n) is 9.81.